The monoisotopic (exact) mass is 590 g/mol. The SMILES string of the molecule is CNC(=O)c1c(-c2ccc(F)cc2)oc2ccc(-c3ccc(-c4cccc(C=CC(=O)O)c4)c(C(=O)NCC(C)C)c3)cc12. The second-order valence-corrected chi connectivity index (χ2v) is 10.8. The van der Waals surface area contributed by atoms with Gasteiger partial charge in [0.1, 0.15) is 17.2 Å². The first-order valence-electron chi connectivity index (χ1n) is 14.1. The molecule has 0 aliphatic heterocycles. The predicted molar refractivity (Wildman–Crippen MR) is 170 cm³/mol. The summed E-state index contributed by atoms with van der Waals surface area (Å²) < 4.78 is 19.7. The highest BCUT2D eigenvalue weighted by atomic mass is 19.1. The van der Waals surface area contributed by atoms with Crippen molar-refractivity contribution in [3.63, 3.8) is 0 Å². The van der Waals surface area contributed by atoms with Gasteiger partial charge in [0.2, 0.25) is 0 Å². The Labute approximate surface area is 254 Å². The predicted octanol–water partition coefficient (Wildman–Crippen LogP) is 7.42. The van der Waals surface area contributed by atoms with Crippen LogP contribution in [0.15, 0.2) is 95.4 Å². The second kappa shape index (κ2) is 12.8. The summed E-state index contributed by atoms with van der Waals surface area (Å²) in [5.74, 6) is -1.45. The minimum Gasteiger partial charge on any atom is -0.478 e. The van der Waals surface area contributed by atoms with E-state index in [-0.39, 0.29) is 17.7 Å². The van der Waals surface area contributed by atoms with Gasteiger partial charge in [0.05, 0.1) is 5.56 Å². The molecule has 44 heavy (non-hydrogen) atoms. The summed E-state index contributed by atoms with van der Waals surface area (Å²) in [6.07, 6.45) is 2.57. The smallest absolute Gasteiger partial charge is 0.328 e. The zero-order valence-corrected chi connectivity index (χ0v) is 24.5. The number of carbonyl (C=O) groups is 3. The quantitative estimate of drug-likeness (QED) is 0.155. The molecule has 5 aromatic rings. The van der Waals surface area contributed by atoms with Gasteiger partial charge >= 0.3 is 5.97 Å². The molecular formula is C36H31FN2O5. The molecule has 5 rings (SSSR count). The van der Waals surface area contributed by atoms with Crippen molar-refractivity contribution in [2.24, 2.45) is 5.92 Å². The van der Waals surface area contributed by atoms with E-state index in [1.54, 1.807) is 24.3 Å². The zero-order valence-electron chi connectivity index (χ0n) is 24.5. The van der Waals surface area contributed by atoms with E-state index in [4.69, 9.17) is 9.52 Å². The highest BCUT2D eigenvalue weighted by Gasteiger charge is 2.23. The van der Waals surface area contributed by atoms with Gasteiger partial charge in [-0.1, -0.05) is 50.2 Å². The summed E-state index contributed by atoms with van der Waals surface area (Å²) in [4.78, 5) is 37.6. The first-order valence-corrected chi connectivity index (χ1v) is 14.1. The van der Waals surface area contributed by atoms with Gasteiger partial charge in [-0.2, -0.15) is 0 Å². The Balaban J connectivity index is 1.63. The van der Waals surface area contributed by atoms with Crippen molar-refractivity contribution < 1.29 is 28.3 Å². The third-order valence-corrected chi connectivity index (χ3v) is 7.13. The van der Waals surface area contributed by atoms with Gasteiger partial charge in [0.15, 0.2) is 0 Å². The molecule has 0 spiro atoms. The fraction of sp³-hybridized carbons (Fsp3) is 0.139. The van der Waals surface area contributed by atoms with Crippen LogP contribution in [-0.4, -0.2) is 36.5 Å². The molecule has 0 unspecified atom stereocenters. The van der Waals surface area contributed by atoms with Crippen LogP contribution < -0.4 is 10.6 Å². The van der Waals surface area contributed by atoms with E-state index < -0.39 is 11.8 Å². The Morgan fingerprint density at radius 1 is 0.864 bits per heavy atom. The lowest BCUT2D eigenvalue weighted by Crippen LogP contribution is -2.27. The van der Waals surface area contributed by atoms with E-state index in [1.165, 1.54) is 25.3 Å². The maximum absolute atomic E-state index is 13.6. The number of fused-ring (bicyclic) bond motifs is 1. The van der Waals surface area contributed by atoms with Crippen molar-refractivity contribution in [3.8, 4) is 33.6 Å². The van der Waals surface area contributed by atoms with Crippen molar-refractivity contribution in [2.75, 3.05) is 13.6 Å². The number of amides is 2. The topological polar surface area (TPSA) is 109 Å². The summed E-state index contributed by atoms with van der Waals surface area (Å²) in [6, 6.07) is 24.1. The first kappa shape index (κ1) is 30.0. The number of benzene rings is 4. The first-order chi connectivity index (χ1) is 21.1. The maximum atomic E-state index is 13.6. The van der Waals surface area contributed by atoms with Gasteiger partial charge in [-0.15, -0.1) is 0 Å². The normalized spacial score (nSPS) is 11.3. The van der Waals surface area contributed by atoms with E-state index in [9.17, 15) is 18.8 Å². The van der Waals surface area contributed by atoms with Crippen LogP contribution >= 0.6 is 0 Å². The number of carbonyl (C=O) groups excluding carboxylic acids is 2. The average Bonchev–Trinajstić information content (AvgIpc) is 3.41. The van der Waals surface area contributed by atoms with Crippen LogP contribution in [0.4, 0.5) is 4.39 Å². The fourth-order valence-corrected chi connectivity index (χ4v) is 4.97. The molecule has 1 aromatic heterocycles. The lowest BCUT2D eigenvalue weighted by atomic mass is 9.92. The molecule has 0 radical (unpaired) electrons. The van der Waals surface area contributed by atoms with Crippen LogP contribution in [0.1, 0.15) is 40.1 Å². The molecule has 222 valence electrons. The molecule has 2 amide bonds. The fourth-order valence-electron chi connectivity index (χ4n) is 4.97. The number of furan rings is 1. The number of carboxylic acids is 1. The van der Waals surface area contributed by atoms with E-state index >= 15 is 0 Å². The van der Waals surface area contributed by atoms with Crippen molar-refractivity contribution in [1.82, 2.24) is 10.6 Å². The highest BCUT2D eigenvalue weighted by molar-refractivity contribution is 6.12. The van der Waals surface area contributed by atoms with Crippen LogP contribution in [0.3, 0.4) is 0 Å². The van der Waals surface area contributed by atoms with Gasteiger partial charge in [-0.05, 0) is 88.3 Å². The third kappa shape index (κ3) is 6.44. The van der Waals surface area contributed by atoms with Crippen LogP contribution in [0.5, 0.6) is 0 Å². The number of rotatable bonds is 9. The molecule has 0 aliphatic carbocycles. The zero-order chi connectivity index (χ0) is 31.4. The molecular weight excluding hydrogens is 559 g/mol. The van der Waals surface area contributed by atoms with E-state index in [2.05, 4.69) is 10.6 Å². The minimum atomic E-state index is -1.05. The molecule has 0 bridgehead atoms. The standard InChI is InChI=1S/C36H31FN2O5/c1-21(2)20-39-35(42)29-18-24(10-14-28(29)26-6-4-5-22(17-26)7-16-32(40)41)25-11-15-31-30(19-25)33(36(43)38-3)34(44-31)23-8-12-27(37)13-9-23/h4-19,21H,20H2,1-3H3,(H,38,43)(H,39,42)(H,40,41). The molecule has 8 heteroatoms. The summed E-state index contributed by atoms with van der Waals surface area (Å²) in [5.41, 5.74) is 5.48. The number of hydrogen-bond donors (Lipinski definition) is 3. The summed E-state index contributed by atoms with van der Waals surface area (Å²) in [7, 11) is 1.53. The van der Waals surface area contributed by atoms with E-state index in [0.717, 1.165) is 22.8 Å². The van der Waals surface area contributed by atoms with Gasteiger partial charge in [-0.25, -0.2) is 9.18 Å². The number of hydrogen-bond acceptors (Lipinski definition) is 4. The lowest BCUT2D eigenvalue weighted by molar-refractivity contribution is -0.131. The van der Waals surface area contributed by atoms with Gasteiger partial charge in [0, 0.05) is 36.2 Å². The largest absolute Gasteiger partial charge is 0.478 e. The van der Waals surface area contributed by atoms with E-state index in [1.807, 2.05) is 62.4 Å². The molecule has 7 nitrogen and oxygen atoms in total. The lowest BCUT2D eigenvalue weighted by Gasteiger charge is -2.14. The third-order valence-electron chi connectivity index (χ3n) is 7.13. The Hall–Kier alpha value is -5.50. The summed E-state index contributed by atoms with van der Waals surface area (Å²) in [5, 5.41) is 15.3. The number of halogens is 1. The number of nitrogens with one attached hydrogen (secondary N) is 2. The summed E-state index contributed by atoms with van der Waals surface area (Å²) >= 11 is 0. The molecule has 0 saturated carbocycles. The van der Waals surface area contributed by atoms with Gasteiger partial charge in [0.25, 0.3) is 11.8 Å². The molecule has 0 fully saturated rings. The van der Waals surface area contributed by atoms with Crippen molar-refractivity contribution in [1.29, 1.82) is 0 Å². The van der Waals surface area contributed by atoms with Gasteiger partial charge in [-0.3, -0.25) is 9.59 Å². The van der Waals surface area contributed by atoms with Crippen LogP contribution in [0, 0.1) is 11.7 Å². The maximum Gasteiger partial charge on any atom is 0.328 e. The van der Waals surface area contributed by atoms with Crippen LogP contribution in [0.25, 0.3) is 50.6 Å². The van der Waals surface area contributed by atoms with Crippen LogP contribution in [0.2, 0.25) is 0 Å². The highest BCUT2D eigenvalue weighted by Crippen LogP contribution is 2.37. The van der Waals surface area contributed by atoms with Gasteiger partial charge < -0.3 is 20.2 Å². The van der Waals surface area contributed by atoms with E-state index in [0.29, 0.717) is 51.1 Å². The number of carboxylic acid groups (broad SMARTS) is 1. The Kier molecular flexibility index (Phi) is 8.71. The second-order valence-electron chi connectivity index (χ2n) is 10.8. The van der Waals surface area contributed by atoms with Crippen LogP contribution in [-0.2, 0) is 4.79 Å². The Bertz CT molecular complexity index is 1900. The molecule has 4 aromatic carbocycles. The van der Waals surface area contributed by atoms with Crippen molar-refractivity contribution in [3.05, 3.63) is 114 Å². The Morgan fingerprint density at radius 2 is 1.57 bits per heavy atom. The molecule has 0 saturated heterocycles. The average molecular weight is 591 g/mol. The number of aliphatic carboxylic acids is 1. The van der Waals surface area contributed by atoms with Crippen molar-refractivity contribution >= 4 is 34.8 Å². The van der Waals surface area contributed by atoms with Crippen molar-refractivity contribution in [2.45, 2.75) is 13.8 Å². The molecule has 1 heterocycles. The molecule has 0 aliphatic rings. The molecule has 3 N–H and O–H groups in total. The Morgan fingerprint density at radius 3 is 2.27 bits per heavy atom. The summed E-state index contributed by atoms with van der Waals surface area (Å²) in [6.45, 7) is 4.52. The molecule has 0 atom stereocenters. The minimum absolute atomic E-state index is 0.240.